The summed E-state index contributed by atoms with van der Waals surface area (Å²) in [6.45, 7) is 0.282. The van der Waals surface area contributed by atoms with E-state index in [1.54, 1.807) is 0 Å². The van der Waals surface area contributed by atoms with Crippen molar-refractivity contribution in [1.29, 1.82) is 0 Å². The molecule has 13 heavy (non-hydrogen) atoms. The highest BCUT2D eigenvalue weighted by molar-refractivity contribution is 9.10. The maximum atomic E-state index is 10.2. The van der Waals surface area contributed by atoms with Gasteiger partial charge in [-0.2, -0.15) is 0 Å². The molecule has 1 aromatic carbocycles. The smallest absolute Gasteiger partial charge is 0.316 e. The molecule has 0 heterocycles. The topological polar surface area (TPSA) is 46.5 Å². The monoisotopic (exact) mass is 264 g/mol. The number of hydrogen-bond donors (Lipinski definition) is 1. The van der Waals surface area contributed by atoms with Crippen LogP contribution in [0.1, 0.15) is 5.56 Å². The zero-order chi connectivity index (χ0) is 9.68. The average Bonchev–Trinajstić information content (AvgIpc) is 2.03. The Morgan fingerprint density at radius 3 is 2.92 bits per heavy atom. The van der Waals surface area contributed by atoms with Gasteiger partial charge in [0, 0.05) is 4.47 Å². The molecule has 0 aromatic heterocycles. The van der Waals surface area contributed by atoms with Crippen molar-refractivity contribution >= 4 is 24.2 Å². The van der Waals surface area contributed by atoms with E-state index in [2.05, 4.69) is 20.5 Å². The van der Waals surface area contributed by atoms with Crippen molar-refractivity contribution in [2.24, 2.45) is 0 Å². The largest absolute Gasteiger partial charge is 0.326 e. The van der Waals surface area contributed by atoms with Gasteiger partial charge >= 0.3 is 8.25 Å². The molecule has 1 atom stereocenters. The zero-order valence-electron chi connectivity index (χ0n) is 6.87. The fraction of sp³-hybridized carbons (Fsp3) is 0.250. The van der Waals surface area contributed by atoms with Gasteiger partial charge in [0.05, 0.1) is 6.61 Å². The van der Waals surface area contributed by atoms with E-state index in [1.807, 2.05) is 24.3 Å². The molecule has 0 aliphatic rings. The van der Waals surface area contributed by atoms with Gasteiger partial charge < -0.3 is 9.42 Å². The molecule has 1 unspecified atom stereocenters. The van der Waals surface area contributed by atoms with E-state index in [1.165, 1.54) is 0 Å². The Hall–Kier alpha value is -0.150. The van der Waals surface area contributed by atoms with Gasteiger partial charge in [0.15, 0.2) is 0 Å². The molecule has 0 bridgehead atoms. The second kappa shape index (κ2) is 5.55. The molecular weight excluding hydrogens is 255 g/mol. The minimum absolute atomic E-state index is 0.282. The van der Waals surface area contributed by atoms with Crippen LogP contribution in [0.2, 0.25) is 0 Å². The van der Waals surface area contributed by atoms with Gasteiger partial charge in [0.1, 0.15) is 0 Å². The summed E-state index contributed by atoms with van der Waals surface area (Å²) < 4.78 is 15.8. The van der Waals surface area contributed by atoms with Crippen LogP contribution in [0.3, 0.4) is 0 Å². The van der Waals surface area contributed by atoms with Crippen molar-refractivity contribution in [2.75, 3.05) is 6.61 Å². The summed E-state index contributed by atoms with van der Waals surface area (Å²) in [5, 5.41) is 0. The minimum Gasteiger partial charge on any atom is -0.326 e. The molecule has 3 nitrogen and oxygen atoms in total. The van der Waals surface area contributed by atoms with Crippen molar-refractivity contribution in [1.82, 2.24) is 0 Å². The fourth-order valence-corrected chi connectivity index (χ4v) is 1.67. The van der Waals surface area contributed by atoms with E-state index >= 15 is 0 Å². The van der Waals surface area contributed by atoms with E-state index in [0.717, 1.165) is 10.0 Å². The van der Waals surface area contributed by atoms with Crippen LogP contribution in [0.4, 0.5) is 0 Å². The van der Waals surface area contributed by atoms with Crippen LogP contribution in [0.25, 0.3) is 0 Å². The van der Waals surface area contributed by atoms with Crippen molar-refractivity contribution < 1.29 is 14.0 Å². The molecule has 0 saturated carbocycles. The van der Waals surface area contributed by atoms with E-state index in [4.69, 9.17) is 4.89 Å². The first kappa shape index (κ1) is 10.9. The quantitative estimate of drug-likeness (QED) is 0.850. The molecule has 0 amide bonds. The molecular formula is C8H10BrO3P. The molecule has 0 aliphatic heterocycles. The standard InChI is InChI=1S/C8H10BrO3P/c9-8-3-1-2-7(6-8)4-5-12-13(10)11/h1-3,6,13H,4-5H2,(H,10,11). The zero-order valence-corrected chi connectivity index (χ0v) is 9.45. The third kappa shape index (κ3) is 4.58. The summed E-state index contributed by atoms with van der Waals surface area (Å²) in [7, 11) is -2.78. The minimum atomic E-state index is -2.78. The fourth-order valence-electron chi connectivity index (χ4n) is 0.949. The lowest BCUT2D eigenvalue weighted by atomic mass is 10.2. The van der Waals surface area contributed by atoms with E-state index < -0.39 is 8.25 Å². The Kier molecular flexibility index (Phi) is 4.67. The van der Waals surface area contributed by atoms with Gasteiger partial charge in [-0.15, -0.1) is 0 Å². The van der Waals surface area contributed by atoms with Crippen LogP contribution in [0.5, 0.6) is 0 Å². The summed E-state index contributed by atoms with van der Waals surface area (Å²) in [6, 6.07) is 7.75. The predicted octanol–water partition coefficient (Wildman–Crippen LogP) is 2.39. The number of benzene rings is 1. The summed E-state index contributed by atoms with van der Waals surface area (Å²) >= 11 is 3.34. The van der Waals surface area contributed by atoms with E-state index in [0.29, 0.717) is 6.42 Å². The third-order valence-electron chi connectivity index (χ3n) is 1.51. The maximum Gasteiger partial charge on any atom is 0.316 e. The number of hydrogen-bond acceptors (Lipinski definition) is 2. The average molecular weight is 265 g/mol. The van der Waals surface area contributed by atoms with Gasteiger partial charge in [-0.3, -0.25) is 4.57 Å². The molecule has 1 aromatic rings. The van der Waals surface area contributed by atoms with Gasteiger partial charge in [-0.25, -0.2) is 0 Å². The van der Waals surface area contributed by atoms with E-state index in [-0.39, 0.29) is 6.61 Å². The Bertz CT molecular complexity index is 303. The van der Waals surface area contributed by atoms with Crippen LogP contribution >= 0.6 is 24.2 Å². The van der Waals surface area contributed by atoms with Crippen LogP contribution in [-0.4, -0.2) is 11.5 Å². The van der Waals surface area contributed by atoms with Crippen LogP contribution in [-0.2, 0) is 15.5 Å². The van der Waals surface area contributed by atoms with Crippen molar-refractivity contribution in [3.05, 3.63) is 34.3 Å². The highest BCUT2D eigenvalue weighted by atomic mass is 79.9. The lowest BCUT2D eigenvalue weighted by Crippen LogP contribution is -1.92. The highest BCUT2D eigenvalue weighted by Crippen LogP contribution is 2.16. The summed E-state index contributed by atoms with van der Waals surface area (Å²) in [5.41, 5.74) is 1.08. The Morgan fingerprint density at radius 2 is 2.31 bits per heavy atom. The van der Waals surface area contributed by atoms with Crippen LogP contribution in [0.15, 0.2) is 28.7 Å². The normalized spacial score (nSPS) is 12.8. The molecule has 0 saturated heterocycles. The summed E-state index contributed by atoms with van der Waals surface area (Å²) in [6.07, 6.45) is 0.649. The number of halogens is 1. The predicted molar refractivity (Wildman–Crippen MR) is 55.0 cm³/mol. The second-order valence-electron chi connectivity index (χ2n) is 2.49. The lowest BCUT2D eigenvalue weighted by Gasteiger charge is -2.01. The van der Waals surface area contributed by atoms with E-state index in [9.17, 15) is 4.57 Å². The maximum absolute atomic E-state index is 10.2. The first-order valence-electron chi connectivity index (χ1n) is 3.78. The van der Waals surface area contributed by atoms with Gasteiger partial charge in [-0.05, 0) is 24.1 Å². The molecule has 0 spiro atoms. The molecule has 0 radical (unpaired) electrons. The number of rotatable bonds is 4. The molecule has 5 heteroatoms. The Morgan fingerprint density at radius 1 is 1.54 bits per heavy atom. The highest BCUT2D eigenvalue weighted by Gasteiger charge is 1.96. The SMILES string of the molecule is O=[PH](O)OCCc1cccc(Br)c1. The molecule has 1 N–H and O–H groups in total. The molecule has 0 aliphatic carbocycles. The van der Waals surface area contributed by atoms with Gasteiger partial charge in [0.25, 0.3) is 0 Å². The van der Waals surface area contributed by atoms with Crippen molar-refractivity contribution in [3.63, 3.8) is 0 Å². The van der Waals surface area contributed by atoms with Gasteiger partial charge in [0.2, 0.25) is 0 Å². The molecule has 0 fully saturated rings. The first-order chi connectivity index (χ1) is 6.18. The van der Waals surface area contributed by atoms with Crippen LogP contribution < -0.4 is 0 Å². The molecule has 1 rings (SSSR count). The Labute approximate surface area is 85.8 Å². The summed E-state index contributed by atoms with van der Waals surface area (Å²) in [4.78, 5) is 8.40. The van der Waals surface area contributed by atoms with Crippen molar-refractivity contribution in [3.8, 4) is 0 Å². The third-order valence-corrected chi connectivity index (χ3v) is 2.45. The lowest BCUT2D eigenvalue weighted by molar-refractivity contribution is 0.285. The summed E-state index contributed by atoms with van der Waals surface area (Å²) in [5.74, 6) is 0. The van der Waals surface area contributed by atoms with Crippen molar-refractivity contribution in [2.45, 2.75) is 6.42 Å². The second-order valence-corrected chi connectivity index (χ2v) is 4.23. The first-order valence-corrected chi connectivity index (χ1v) is 5.84. The Balaban J connectivity index is 2.41. The van der Waals surface area contributed by atoms with Crippen LogP contribution in [0, 0.1) is 0 Å². The molecule has 72 valence electrons. The van der Waals surface area contributed by atoms with Gasteiger partial charge in [-0.1, -0.05) is 28.1 Å².